The first-order valence-electron chi connectivity index (χ1n) is 10.7. The third kappa shape index (κ3) is 3.98. The minimum Gasteiger partial charge on any atom is -0.358 e. The molecule has 0 radical (unpaired) electrons. The zero-order chi connectivity index (χ0) is 23.0. The molecule has 0 aliphatic carbocycles. The number of nitrogens with zero attached hydrogens (tertiary/aromatic N) is 3. The molecule has 32 heavy (non-hydrogen) atoms. The van der Waals surface area contributed by atoms with Crippen molar-refractivity contribution in [3.63, 3.8) is 0 Å². The van der Waals surface area contributed by atoms with Crippen molar-refractivity contribution in [1.82, 2.24) is 4.31 Å². The second-order valence-corrected chi connectivity index (χ2v) is 10.6. The SMILES string of the molecule is Cc1ccccc1NC(=O)CN1C(=O)[C@@H]2CCCCN2c2ccc(S(=O)(=O)N(C)C)cc21. The maximum absolute atomic E-state index is 13.4. The first kappa shape index (κ1) is 22.3. The third-order valence-electron chi connectivity index (χ3n) is 6.10. The number of amides is 2. The zero-order valence-corrected chi connectivity index (χ0v) is 19.4. The first-order chi connectivity index (χ1) is 15.2. The summed E-state index contributed by atoms with van der Waals surface area (Å²) in [6, 6.07) is 11.9. The maximum Gasteiger partial charge on any atom is 0.250 e. The Morgan fingerprint density at radius 2 is 1.88 bits per heavy atom. The number of para-hydroxylation sites is 1. The van der Waals surface area contributed by atoms with Crippen LogP contribution < -0.4 is 15.1 Å². The van der Waals surface area contributed by atoms with E-state index >= 15 is 0 Å². The average molecular weight is 457 g/mol. The zero-order valence-electron chi connectivity index (χ0n) is 18.5. The lowest BCUT2D eigenvalue weighted by Gasteiger charge is -2.45. The smallest absolute Gasteiger partial charge is 0.250 e. The Hall–Kier alpha value is -2.91. The Morgan fingerprint density at radius 1 is 1.12 bits per heavy atom. The molecule has 1 N–H and O–H groups in total. The molecule has 0 unspecified atom stereocenters. The van der Waals surface area contributed by atoms with Gasteiger partial charge < -0.3 is 10.2 Å². The molecule has 1 atom stereocenters. The molecule has 2 amide bonds. The van der Waals surface area contributed by atoms with Crippen molar-refractivity contribution in [3.05, 3.63) is 48.0 Å². The van der Waals surface area contributed by atoms with Gasteiger partial charge in [0, 0.05) is 26.3 Å². The lowest BCUT2D eigenvalue weighted by molar-refractivity contribution is -0.123. The molecule has 4 rings (SSSR count). The van der Waals surface area contributed by atoms with Gasteiger partial charge in [0.15, 0.2) is 0 Å². The van der Waals surface area contributed by atoms with Crippen LogP contribution in [0.2, 0.25) is 0 Å². The molecule has 2 aliphatic rings. The Bertz CT molecular complexity index is 1160. The van der Waals surface area contributed by atoms with Crippen LogP contribution in [0.1, 0.15) is 24.8 Å². The van der Waals surface area contributed by atoms with Crippen LogP contribution in [0, 0.1) is 6.92 Å². The summed E-state index contributed by atoms with van der Waals surface area (Å²) >= 11 is 0. The van der Waals surface area contributed by atoms with E-state index in [9.17, 15) is 18.0 Å². The summed E-state index contributed by atoms with van der Waals surface area (Å²) in [7, 11) is -0.754. The molecule has 2 aromatic rings. The summed E-state index contributed by atoms with van der Waals surface area (Å²) < 4.78 is 26.6. The third-order valence-corrected chi connectivity index (χ3v) is 7.91. The largest absolute Gasteiger partial charge is 0.358 e. The number of hydrogen-bond donors (Lipinski definition) is 1. The van der Waals surface area contributed by atoms with E-state index in [-0.39, 0.29) is 29.3 Å². The predicted molar refractivity (Wildman–Crippen MR) is 124 cm³/mol. The maximum atomic E-state index is 13.4. The van der Waals surface area contributed by atoms with E-state index in [2.05, 4.69) is 5.32 Å². The highest BCUT2D eigenvalue weighted by atomic mass is 32.2. The fraction of sp³-hybridized carbons (Fsp3) is 0.391. The van der Waals surface area contributed by atoms with Gasteiger partial charge in [0.1, 0.15) is 12.6 Å². The van der Waals surface area contributed by atoms with Crippen molar-refractivity contribution < 1.29 is 18.0 Å². The number of hydrogen-bond acceptors (Lipinski definition) is 5. The van der Waals surface area contributed by atoms with Crippen molar-refractivity contribution in [1.29, 1.82) is 0 Å². The molecular weight excluding hydrogens is 428 g/mol. The van der Waals surface area contributed by atoms with Gasteiger partial charge in [-0.15, -0.1) is 0 Å². The molecule has 0 bridgehead atoms. The number of anilines is 3. The summed E-state index contributed by atoms with van der Waals surface area (Å²) in [6.07, 6.45) is 2.62. The van der Waals surface area contributed by atoms with E-state index in [1.807, 2.05) is 36.1 Å². The van der Waals surface area contributed by atoms with Gasteiger partial charge in [0.25, 0.3) is 0 Å². The highest BCUT2D eigenvalue weighted by Gasteiger charge is 2.40. The molecule has 0 spiro atoms. The van der Waals surface area contributed by atoms with Crippen LogP contribution in [-0.2, 0) is 19.6 Å². The van der Waals surface area contributed by atoms with Crippen LogP contribution in [0.4, 0.5) is 17.1 Å². The van der Waals surface area contributed by atoms with E-state index in [1.165, 1.54) is 25.1 Å². The lowest BCUT2D eigenvalue weighted by atomic mass is 9.96. The number of nitrogens with one attached hydrogen (secondary N) is 1. The lowest BCUT2D eigenvalue weighted by Crippen LogP contribution is -2.56. The summed E-state index contributed by atoms with van der Waals surface area (Å²) in [6.45, 7) is 2.44. The van der Waals surface area contributed by atoms with Crippen LogP contribution in [-0.4, -0.2) is 57.8 Å². The number of sulfonamides is 1. The van der Waals surface area contributed by atoms with Crippen LogP contribution >= 0.6 is 0 Å². The van der Waals surface area contributed by atoms with Crippen LogP contribution in [0.3, 0.4) is 0 Å². The fourth-order valence-electron chi connectivity index (χ4n) is 4.32. The number of rotatable bonds is 5. The molecule has 1 saturated heterocycles. The van der Waals surface area contributed by atoms with Gasteiger partial charge in [-0.1, -0.05) is 18.2 Å². The normalized spacial score (nSPS) is 18.4. The first-order valence-corrected chi connectivity index (χ1v) is 12.1. The number of carbonyl (C=O) groups excluding carboxylic acids is 2. The molecule has 0 saturated carbocycles. The van der Waals surface area contributed by atoms with E-state index in [4.69, 9.17) is 0 Å². The summed E-state index contributed by atoms with van der Waals surface area (Å²) in [5.74, 6) is -0.500. The van der Waals surface area contributed by atoms with Crippen molar-refractivity contribution in [2.75, 3.05) is 42.3 Å². The van der Waals surface area contributed by atoms with Crippen LogP contribution in [0.15, 0.2) is 47.4 Å². The van der Waals surface area contributed by atoms with E-state index in [0.29, 0.717) is 17.8 Å². The predicted octanol–water partition coefficient (Wildman–Crippen LogP) is 2.59. The monoisotopic (exact) mass is 456 g/mol. The molecule has 170 valence electrons. The molecule has 2 heterocycles. The Kier molecular flexibility index (Phi) is 5.96. The van der Waals surface area contributed by atoms with E-state index < -0.39 is 10.0 Å². The number of piperidine rings is 1. The molecule has 0 aromatic heterocycles. The topological polar surface area (TPSA) is 90.0 Å². The second-order valence-electron chi connectivity index (χ2n) is 8.43. The fourth-order valence-corrected chi connectivity index (χ4v) is 5.24. The molecule has 2 aromatic carbocycles. The molecule has 9 heteroatoms. The Labute approximate surface area is 188 Å². The highest BCUT2D eigenvalue weighted by molar-refractivity contribution is 7.89. The van der Waals surface area contributed by atoms with E-state index in [1.54, 1.807) is 12.1 Å². The minimum atomic E-state index is -3.69. The van der Waals surface area contributed by atoms with Crippen LogP contribution in [0.25, 0.3) is 0 Å². The van der Waals surface area contributed by atoms with Gasteiger partial charge in [-0.3, -0.25) is 14.5 Å². The number of benzene rings is 2. The van der Waals surface area contributed by atoms with Crippen molar-refractivity contribution in [3.8, 4) is 0 Å². The number of fused-ring (bicyclic) bond motifs is 3. The van der Waals surface area contributed by atoms with Gasteiger partial charge >= 0.3 is 0 Å². The molecule has 8 nitrogen and oxygen atoms in total. The minimum absolute atomic E-state index is 0.0915. The van der Waals surface area contributed by atoms with Gasteiger partial charge in [-0.2, -0.15) is 0 Å². The molecule has 2 aliphatic heterocycles. The summed E-state index contributed by atoms with van der Waals surface area (Å²) in [5.41, 5.74) is 2.85. The average Bonchev–Trinajstić information content (AvgIpc) is 2.77. The summed E-state index contributed by atoms with van der Waals surface area (Å²) in [5, 5.41) is 2.87. The Morgan fingerprint density at radius 3 is 2.59 bits per heavy atom. The van der Waals surface area contributed by atoms with Crippen LogP contribution in [0.5, 0.6) is 0 Å². The van der Waals surface area contributed by atoms with E-state index in [0.717, 1.165) is 34.9 Å². The quantitative estimate of drug-likeness (QED) is 0.747. The number of aryl methyl sites for hydroxylation is 1. The van der Waals surface area contributed by atoms with Gasteiger partial charge in [-0.25, -0.2) is 12.7 Å². The standard InChI is InChI=1S/C23H28N4O4S/c1-16-8-4-5-9-18(16)24-22(28)15-27-21-14-17(32(30,31)25(2)3)11-12-19(21)26-13-7-6-10-20(26)23(27)29/h4-5,8-9,11-12,14,20H,6-7,10,13,15H2,1-3H3,(H,24,28)/t20-/m0/s1. The van der Waals surface area contributed by atoms with Crippen molar-refractivity contribution >= 4 is 38.9 Å². The van der Waals surface area contributed by atoms with Gasteiger partial charge in [-0.05, 0) is 56.0 Å². The highest BCUT2D eigenvalue weighted by Crippen LogP contribution is 2.40. The van der Waals surface area contributed by atoms with Gasteiger partial charge in [0.05, 0.1) is 16.3 Å². The van der Waals surface area contributed by atoms with Crippen molar-refractivity contribution in [2.24, 2.45) is 0 Å². The summed E-state index contributed by atoms with van der Waals surface area (Å²) in [4.78, 5) is 29.9. The molecular formula is C23H28N4O4S. The van der Waals surface area contributed by atoms with Gasteiger partial charge in [0.2, 0.25) is 21.8 Å². The number of carbonyl (C=O) groups is 2. The second kappa shape index (κ2) is 8.55. The van der Waals surface area contributed by atoms with Crippen molar-refractivity contribution in [2.45, 2.75) is 37.1 Å². The Balaban J connectivity index is 1.72. The molecule has 1 fully saturated rings.